The molecule has 2 unspecified atom stereocenters. The van der Waals surface area contributed by atoms with Crippen LogP contribution in [0.25, 0.3) is 0 Å². The van der Waals surface area contributed by atoms with Crippen LogP contribution in [-0.4, -0.2) is 47.0 Å². The number of rotatable bonds is 6. The van der Waals surface area contributed by atoms with Gasteiger partial charge >= 0.3 is 0 Å². The lowest BCUT2D eigenvalue weighted by Gasteiger charge is -2.30. The number of nitrogens with one attached hydrogen (secondary N) is 1. The molecule has 1 saturated heterocycles. The van der Waals surface area contributed by atoms with E-state index in [-0.39, 0.29) is 23.9 Å². The molecule has 3 N–H and O–H groups in total. The molecule has 2 amide bonds. The van der Waals surface area contributed by atoms with Crippen LogP contribution in [0.5, 0.6) is 0 Å². The molecule has 0 aromatic rings. The summed E-state index contributed by atoms with van der Waals surface area (Å²) in [7, 11) is 0. The molecule has 0 spiro atoms. The van der Waals surface area contributed by atoms with Gasteiger partial charge in [0.1, 0.15) is 6.04 Å². The van der Waals surface area contributed by atoms with Crippen LogP contribution in [0.2, 0.25) is 0 Å². The Hall–Kier alpha value is -0.750. The van der Waals surface area contributed by atoms with Crippen LogP contribution in [0, 0.1) is 5.41 Å². The van der Waals surface area contributed by atoms with Crippen molar-refractivity contribution < 1.29 is 9.59 Å². The molecule has 1 rings (SSSR count). The number of nitrogens with two attached hydrogens (primary N) is 1. The Bertz CT molecular complexity index is 368. The Morgan fingerprint density at radius 1 is 1.43 bits per heavy atom. The Kier molecular flexibility index (Phi) is 7.00. The third-order valence-corrected chi connectivity index (χ3v) is 4.64. The van der Waals surface area contributed by atoms with Gasteiger partial charge in [0, 0.05) is 23.8 Å². The predicted molar refractivity (Wildman–Crippen MR) is 87.9 cm³/mol. The van der Waals surface area contributed by atoms with Gasteiger partial charge in [-0.15, -0.1) is 11.8 Å². The van der Waals surface area contributed by atoms with E-state index >= 15 is 0 Å². The highest BCUT2D eigenvalue weighted by Gasteiger charge is 2.39. The number of hydrogen-bond acceptors (Lipinski definition) is 4. The van der Waals surface area contributed by atoms with Crippen LogP contribution in [0.1, 0.15) is 47.0 Å². The smallest absolute Gasteiger partial charge is 0.243 e. The zero-order valence-electron chi connectivity index (χ0n) is 13.6. The van der Waals surface area contributed by atoms with Gasteiger partial charge in [0.25, 0.3) is 0 Å². The molecule has 1 fully saturated rings. The summed E-state index contributed by atoms with van der Waals surface area (Å²) in [5.74, 6) is 1.23. The SMILES string of the molecule is CCCCC(CN)NC(=O)C1CSCN1C(=O)C(C)(C)C. The highest BCUT2D eigenvalue weighted by molar-refractivity contribution is 7.99. The first-order valence-electron chi connectivity index (χ1n) is 7.70. The highest BCUT2D eigenvalue weighted by Crippen LogP contribution is 2.27. The van der Waals surface area contributed by atoms with Crippen LogP contribution >= 0.6 is 11.8 Å². The van der Waals surface area contributed by atoms with Crippen LogP contribution in [0.3, 0.4) is 0 Å². The van der Waals surface area contributed by atoms with Gasteiger partial charge < -0.3 is 16.0 Å². The first kappa shape index (κ1) is 18.3. The average molecular weight is 315 g/mol. The Morgan fingerprint density at radius 3 is 2.62 bits per heavy atom. The lowest BCUT2D eigenvalue weighted by atomic mass is 9.94. The Balaban J connectivity index is 2.65. The van der Waals surface area contributed by atoms with Crippen molar-refractivity contribution in [3.05, 3.63) is 0 Å². The van der Waals surface area contributed by atoms with Gasteiger partial charge in [-0.1, -0.05) is 40.5 Å². The number of hydrogen-bond donors (Lipinski definition) is 2. The molecule has 0 bridgehead atoms. The Labute approximate surface area is 132 Å². The summed E-state index contributed by atoms with van der Waals surface area (Å²) >= 11 is 1.63. The number of unbranched alkanes of at least 4 members (excludes halogenated alkanes) is 1. The molecular formula is C15H29N3O2S. The zero-order chi connectivity index (χ0) is 16.0. The normalized spacial score (nSPS) is 20.4. The second kappa shape index (κ2) is 8.03. The largest absolute Gasteiger partial charge is 0.350 e. The second-order valence-electron chi connectivity index (χ2n) is 6.62. The molecule has 0 saturated carbocycles. The van der Waals surface area contributed by atoms with E-state index in [1.165, 1.54) is 0 Å². The second-order valence-corrected chi connectivity index (χ2v) is 7.62. The molecule has 2 atom stereocenters. The molecule has 1 aliphatic heterocycles. The van der Waals surface area contributed by atoms with E-state index in [0.717, 1.165) is 19.3 Å². The summed E-state index contributed by atoms with van der Waals surface area (Å²) < 4.78 is 0. The van der Waals surface area contributed by atoms with Crippen molar-refractivity contribution in [3.63, 3.8) is 0 Å². The molecule has 1 aliphatic rings. The van der Waals surface area contributed by atoms with Gasteiger partial charge in [-0.3, -0.25) is 9.59 Å². The minimum Gasteiger partial charge on any atom is -0.350 e. The summed E-state index contributed by atoms with van der Waals surface area (Å²) in [6.45, 7) is 8.22. The van der Waals surface area contributed by atoms with Gasteiger partial charge in [0.05, 0.1) is 5.88 Å². The Morgan fingerprint density at radius 2 is 2.10 bits per heavy atom. The molecule has 21 heavy (non-hydrogen) atoms. The summed E-state index contributed by atoms with van der Waals surface area (Å²) in [4.78, 5) is 26.6. The number of thioether (sulfide) groups is 1. The topological polar surface area (TPSA) is 75.4 Å². The van der Waals surface area contributed by atoms with Crippen molar-refractivity contribution in [2.24, 2.45) is 11.1 Å². The predicted octanol–water partition coefficient (Wildman–Crippen LogP) is 1.57. The minimum atomic E-state index is -0.459. The van der Waals surface area contributed by atoms with Crippen molar-refractivity contribution in [2.45, 2.75) is 59.0 Å². The lowest BCUT2D eigenvalue weighted by molar-refractivity contribution is -0.144. The van der Waals surface area contributed by atoms with Gasteiger partial charge in [-0.2, -0.15) is 0 Å². The quantitative estimate of drug-likeness (QED) is 0.780. The number of amides is 2. The van der Waals surface area contributed by atoms with Crippen molar-refractivity contribution in [2.75, 3.05) is 18.2 Å². The fourth-order valence-electron chi connectivity index (χ4n) is 2.29. The van der Waals surface area contributed by atoms with Crippen LogP contribution in [0.15, 0.2) is 0 Å². The van der Waals surface area contributed by atoms with Crippen molar-refractivity contribution in [1.29, 1.82) is 0 Å². The molecule has 0 radical (unpaired) electrons. The summed E-state index contributed by atoms with van der Waals surface area (Å²) in [5, 5.41) is 3.01. The van der Waals surface area contributed by atoms with E-state index in [9.17, 15) is 9.59 Å². The van der Waals surface area contributed by atoms with E-state index in [1.807, 2.05) is 20.8 Å². The molecule has 0 aliphatic carbocycles. The molecular weight excluding hydrogens is 286 g/mol. The van der Waals surface area contributed by atoms with Gasteiger partial charge in [-0.25, -0.2) is 0 Å². The summed E-state index contributed by atoms with van der Waals surface area (Å²) in [5.41, 5.74) is 5.26. The average Bonchev–Trinajstić information content (AvgIpc) is 2.90. The standard InChI is InChI=1S/C15H29N3O2S/c1-5-6-7-11(8-16)17-13(19)12-9-21-10-18(12)14(20)15(2,3)4/h11-12H,5-10,16H2,1-4H3,(H,17,19). The van der Waals surface area contributed by atoms with Crippen molar-refractivity contribution >= 4 is 23.6 Å². The molecule has 0 aromatic heterocycles. The van der Waals surface area contributed by atoms with Gasteiger partial charge in [-0.05, 0) is 6.42 Å². The van der Waals surface area contributed by atoms with Gasteiger partial charge in [0.15, 0.2) is 0 Å². The third-order valence-electron chi connectivity index (χ3n) is 3.62. The molecule has 6 heteroatoms. The van der Waals surface area contributed by atoms with E-state index in [4.69, 9.17) is 5.73 Å². The third kappa shape index (κ3) is 5.18. The van der Waals surface area contributed by atoms with Crippen LogP contribution in [0.4, 0.5) is 0 Å². The van der Waals surface area contributed by atoms with E-state index in [1.54, 1.807) is 16.7 Å². The van der Waals surface area contributed by atoms with E-state index in [0.29, 0.717) is 18.2 Å². The van der Waals surface area contributed by atoms with Crippen LogP contribution in [-0.2, 0) is 9.59 Å². The zero-order valence-corrected chi connectivity index (χ0v) is 14.5. The maximum Gasteiger partial charge on any atom is 0.243 e. The first-order valence-corrected chi connectivity index (χ1v) is 8.86. The van der Waals surface area contributed by atoms with Crippen molar-refractivity contribution in [1.82, 2.24) is 10.2 Å². The monoisotopic (exact) mass is 315 g/mol. The maximum absolute atomic E-state index is 12.4. The number of nitrogens with zero attached hydrogens (tertiary/aromatic N) is 1. The summed E-state index contributed by atoms with van der Waals surface area (Å²) in [6.07, 6.45) is 3.03. The fraction of sp³-hybridized carbons (Fsp3) is 0.867. The molecule has 1 heterocycles. The fourth-order valence-corrected chi connectivity index (χ4v) is 3.44. The van der Waals surface area contributed by atoms with Crippen LogP contribution < -0.4 is 11.1 Å². The molecule has 0 aromatic carbocycles. The van der Waals surface area contributed by atoms with Gasteiger partial charge in [0.2, 0.25) is 11.8 Å². The molecule has 122 valence electrons. The van der Waals surface area contributed by atoms with E-state index in [2.05, 4.69) is 12.2 Å². The maximum atomic E-state index is 12.4. The highest BCUT2D eigenvalue weighted by atomic mass is 32.2. The number of carbonyl (C=O) groups excluding carboxylic acids is 2. The number of carbonyl (C=O) groups is 2. The first-order chi connectivity index (χ1) is 9.81. The van der Waals surface area contributed by atoms with Crippen molar-refractivity contribution in [3.8, 4) is 0 Å². The molecule has 5 nitrogen and oxygen atoms in total. The summed E-state index contributed by atoms with van der Waals surface area (Å²) in [6, 6.07) is -0.355. The lowest BCUT2D eigenvalue weighted by Crippen LogP contribution is -2.53. The van der Waals surface area contributed by atoms with E-state index < -0.39 is 5.41 Å². The minimum absolute atomic E-state index is 0.00892.